The first kappa shape index (κ1) is 15.4. The summed E-state index contributed by atoms with van der Waals surface area (Å²) in [7, 11) is 0. The highest BCUT2D eigenvalue weighted by molar-refractivity contribution is 9.10. The van der Waals surface area contributed by atoms with E-state index in [1.807, 2.05) is 0 Å². The largest absolute Gasteiger partial charge is 0.493 e. The summed E-state index contributed by atoms with van der Waals surface area (Å²) in [6, 6.07) is 4.27. The molecule has 3 heteroatoms. The van der Waals surface area contributed by atoms with Gasteiger partial charge in [0.1, 0.15) is 5.75 Å². The van der Waals surface area contributed by atoms with Crippen molar-refractivity contribution < 1.29 is 9.84 Å². The summed E-state index contributed by atoms with van der Waals surface area (Å²) < 4.78 is 6.89. The number of benzene rings is 1. The van der Waals surface area contributed by atoms with Crippen molar-refractivity contribution in [2.24, 2.45) is 5.92 Å². The summed E-state index contributed by atoms with van der Waals surface area (Å²) >= 11 is 3.59. The molecule has 3 rings (SSSR count). The number of hydrogen-bond donors (Lipinski definition) is 1. The molecule has 21 heavy (non-hydrogen) atoms. The van der Waals surface area contributed by atoms with Crippen LogP contribution in [0.25, 0.3) is 0 Å². The van der Waals surface area contributed by atoms with Crippen LogP contribution < -0.4 is 4.74 Å². The first-order valence-electron chi connectivity index (χ1n) is 8.36. The highest BCUT2D eigenvalue weighted by Gasteiger charge is 2.24. The van der Waals surface area contributed by atoms with Gasteiger partial charge in [0.15, 0.2) is 0 Å². The summed E-state index contributed by atoms with van der Waals surface area (Å²) in [5, 5.41) is 10.7. The van der Waals surface area contributed by atoms with E-state index in [1.165, 1.54) is 56.1 Å². The van der Waals surface area contributed by atoms with Gasteiger partial charge in [0.25, 0.3) is 0 Å². The minimum atomic E-state index is -0.231. The molecule has 0 amide bonds. The van der Waals surface area contributed by atoms with E-state index in [9.17, 15) is 5.11 Å². The third kappa shape index (κ3) is 3.81. The second-order valence-electron chi connectivity index (χ2n) is 6.53. The van der Waals surface area contributed by atoms with Crippen molar-refractivity contribution in [1.29, 1.82) is 0 Å². The Hall–Kier alpha value is -0.540. The highest BCUT2D eigenvalue weighted by Crippen LogP contribution is 2.35. The molecule has 2 aliphatic rings. The average Bonchev–Trinajstić information content (AvgIpc) is 2.86. The molecule has 1 fully saturated rings. The van der Waals surface area contributed by atoms with E-state index in [4.69, 9.17) is 4.74 Å². The van der Waals surface area contributed by atoms with Crippen molar-refractivity contribution in [3.63, 3.8) is 0 Å². The van der Waals surface area contributed by atoms with E-state index in [0.717, 1.165) is 29.7 Å². The van der Waals surface area contributed by atoms with E-state index >= 15 is 0 Å². The van der Waals surface area contributed by atoms with Crippen molar-refractivity contribution >= 4 is 15.9 Å². The smallest absolute Gasteiger partial charge is 0.125 e. The lowest BCUT2D eigenvalue weighted by molar-refractivity contribution is 0.0907. The fraction of sp³-hybridized carbons (Fsp3) is 0.667. The number of aliphatic hydroxyl groups excluding tert-OH is 1. The zero-order chi connectivity index (χ0) is 14.7. The molecule has 1 saturated carbocycles. The number of fused-ring (bicyclic) bond motifs is 1. The number of hydrogen-bond acceptors (Lipinski definition) is 2. The van der Waals surface area contributed by atoms with E-state index < -0.39 is 0 Å². The van der Waals surface area contributed by atoms with Crippen LogP contribution in [0.3, 0.4) is 0 Å². The van der Waals surface area contributed by atoms with Crippen LogP contribution in [-0.4, -0.2) is 17.8 Å². The molecule has 0 aromatic heterocycles. The number of ether oxygens (including phenoxy) is 1. The van der Waals surface area contributed by atoms with Gasteiger partial charge in [0.05, 0.1) is 12.7 Å². The van der Waals surface area contributed by atoms with Crippen LogP contribution >= 0.6 is 15.9 Å². The van der Waals surface area contributed by atoms with Crippen LogP contribution in [0.2, 0.25) is 0 Å². The third-order valence-corrected chi connectivity index (χ3v) is 5.41. The Kier molecular flexibility index (Phi) is 5.23. The maximum Gasteiger partial charge on any atom is 0.125 e. The Labute approximate surface area is 136 Å². The van der Waals surface area contributed by atoms with Gasteiger partial charge >= 0.3 is 0 Å². The standard InChI is InChI=1S/C18H25BrO2/c19-16-10-14-8-9-21-18(14)15(11-16)12-17(20)13-6-4-2-1-3-5-7-13/h10-11,13,17,20H,1-9,12H2. The van der Waals surface area contributed by atoms with Crippen LogP contribution in [0.1, 0.15) is 56.1 Å². The lowest BCUT2D eigenvalue weighted by Gasteiger charge is -2.25. The molecule has 1 aromatic rings. The van der Waals surface area contributed by atoms with E-state index in [0.29, 0.717) is 5.92 Å². The molecule has 1 aliphatic carbocycles. The molecule has 0 saturated heterocycles. The number of aliphatic hydroxyl groups is 1. The third-order valence-electron chi connectivity index (χ3n) is 4.95. The van der Waals surface area contributed by atoms with Gasteiger partial charge in [-0.1, -0.05) is 48.0 Å². The Balaban J connectivity index is 1.70. The topological polar surface area (TPSA) is 29.5 Å². The van der Waals surface area contributed by atoms with Crippen LogP contribution in [-0.2, 0) is 12.8 Å². The average molecular weight is 353 g/mol. The Morgan fingerprint density at radius 1 is 1.14 bits per heavy atom. The van der Waals surface area contributed by atoms with Gasteiger partial charge < -0.3 is 9.84 Å². The molecule has 0 bridgehead atoms. The number of halogens is 1. The number of rotatable bonds is 3. The molecule has 1 aromatic carbocycles. The predicted octanol–water partition coefficient (Wildman–Crippen LogP) is 4.65. The zero-order valence-corrected chi connectivity index (χ0v) is 14.2. The zero-order valence-electron chi connectivity index (χ0n) is 12.6. The van der Waals surface area contributed by atoms with Crippen LogP contribution in [0, 0.1) is 5.92 Å². The van der Waals surface area contributed by atoms with E-state index in [1.54, 1.807) is 0 Å². The molecule has 1 N–H and O–H groups in total. The van der Waals surface area contributed by atoms with Gasteiger partial charge in [0, 0.05) is 17.3 Å². The quantitative estimate of drug-likeness (QED) is 0.857. The van der Waals surface area contributed by atoms with Gasteiger partial charge in [0.2, 0.25) is 0 Å². The second kappa shape index (κ2) is 7.15. The predicted molar refractivity (Wildman–Crippen MR) is 88.9 cm³/mol. The molecule has 116 valence electrons. The summed E-state index contributed by atoms with van der Waals surface area (Å²) in [5.41, 5.74) is 2.45. The molecule has 1 aliphatic heterocycles. The lowest BCUT2D eigenvalue weighted by Crippen LogP contribution is -2.24. The van der Waals surface area contributed by atoms with Crippen molar-refractivity contribution in [1.82, 2.24) is 0 Å². The maximum atomic E-state index is 10.7. The molecular formula is C18H25BrO2. The van der Waals surface area contributed by atoms with Crippen LogP contribution in [0.5, 0.6) is 5.75 Å². The van der Waals surface area contributed by atoms with Crippen molar-refractivity contribution in [3.05, 3.63) is 27.7 Å². The summed E-state index contributed by atoms with van der Waals surface area (Å²) in [6.45, 7) is 0.776. The molecule has 1 heterocycles. The molecular weight excluding hydrogens is 328 g/mol. The molecule has 2 nitrogen and oxygen atoms in total. The highest BCUT2D eigenvalue weighted by atomic mass is 79.9. The Morgan fingerprint density at radius 2 is 1.86 bits per heavy atom. The lowest BCUT2D eigenvalue weighted by atomic mass is 9.84. The SMILES string of the molecule is OC(Cc1cc(Br)cc2c1OCC2)C1CCCCCCC1. The molecule has 0 radical (unpaired) electrons. The summed E-state index contributed by atoms with van der Waals surface area (Å²) in [4.78, 5) is 0. The van der Waals surface area contributed by atoms with Gasteiger partial charge in [-0.2, -0.15) is 0 Å². The van der Waals surface area contributed by atoms with Crippen LogP contribution in [0.4, 0.5) is 0 Å². The van der Waals surface area contributed by atoms with E-state index in [2.05, 4.69) is 28.1 Å². The first-order valence-corrected chi connectivity index (χ1v) is 9.15. The summed E-state index contributed by atoms with van der Waals surface area (Å²) in [5.74, 6) is 1.49. The molecule has 1 unspecified atom stereocenters. The molecule has 1 atom stereocenters. The normalized spacial score (nSPS) is 21.2. The fourth-order valence-electron chi connectivity index (χ4n) is 3.76. The Morgan fingerprint density at radius 3 is 2.62 bits per heavy atom. The fourth-order valence-corrected chi connectivity index (χ4v) is 4.31. The maximum absolute atomic E-state index is 10.7. The van der Waals surface area contributed by atoms with Crippen molar-refractivity contribution in [2.45, 2.75) is 63.9 Å². The van der Waals surface area contributed by atoms with Gasteiger partial charge in [-0.05, 0) is 42.0 Å². The van der Waals surface area contributed by atoms with E-state index in [-0.39, 0.29) is 6.10 Å². The summed E-state index contributed by atoms with van der Waals surface area (Å²) in [6.07, 6.45) is 10.4. The first-order chi connectivity index (χ1) is 10.2. The minimum absolute atomic E-state index is 0.231. The molecule has 0 spiro atoms. The van der Waals surface area contributed by atoms with Gasteiger partial charge in [-0.15, -0.1) is 0 Å². The van der Waals surface area contributed by atoms with Crippen molar-refractivity contribution in [3.8, 4) is 5.75 Å². The Bertz CT molecular complexity index is 478. The van der Waals surface area contributed by atoms with Gasteiger partial charge in [-0.25, -0.2) is 0 Å². The minimum Gasteiger partial charge on any atom is -0.493 e. The monoisotopic (exact) mass is 352 g/mol. The second-order valence-corrected chi connectivity index (χ2v) is 7.44. The van der Waals surface area contributed by atoms with Gasteiger partial charge in [-0.3, -0.25) is 0 Å². The van der Waals surface area contributed by atoms with Crippen molar-refractivity contribution in [2.75, 3.05) is 6.61 Å². The van der Waals surface area contributed by atoms with Crippen LogP contribution in [0.15, 0.2) is 16.6 Å².